The number of likely N-dealkylation sites (N-methyl/N-ethyl adjacent to an activating group) is 1. The number of urea groups is 1. The van der Waals surface area contributed by atoms with Crippen LogP contribution in [0.1, 0.15) is 47.7 Å². The van der Waals surface area contributed by atoms with E-state index in [1.165, 1.54) is 12.1 Å². The van der Waals surface area contributed by atoms with Crippen molar-refractivity contribution >= 4 is 23.6 Å². The van der Waals surface area contributed by atoms with Crippen LogP contribution in [-0.4, -0.2) is 86.5 Å². The number of carbonyl (C=O) groups excluding carboxylic acids is 4. The van der Waals surface area contributed by atoms with Gasteiger partial charge in [0.2, 0.25) is 5.91 Å². The van der Waals surface area contributed by atoms with Gasteiger partial charge in [-0.2, -0.15) is 18.3 Å². The molecule has 2 aliphatic carbocycles. The molecule has 0 bridgehead atoms. The van der Waals surface area contributed by atoms with Crippen LogP contribution in [0.5, 0.6) is 0 Å². The molecular formula is C32H32F4N6O4. The predicted octanol–water partition coefficient (Wildman–Crippen LogP) is 4.10. The summed E-state index contributed by atoms with van der Waals surface area (Å²) in [6, 6.07) is 8.83. The molecule has 2 heterocycles. The normalized spacial score (nSPS) is 20.8. The number of aromatic nitrogens is 2. The van der Waals surface area contributed by atoms with E-state index in [2.05, 4.69) is 22.2 Å². The van der Waals surface area contributed by atoms with E-state index in [4.69, 9.17) is 0 Å². The van der Waals surface area contributed by atoms with Gasteiger partial charge in [0.25, 0.3) is 5.91 Å². The summed E-state index contributed by atoms with van der Waals surface area (Å²) in [4.78, 5) is 56.9. The molecule has 1 aliphatic heterocycles. The third-order valence-corrected chi connectivity index (χ3v) is 9.30. The van der Waals surface area contributed by atoms with Crippen molar-refractivity contribution in [2.75, 3.05) is 20.6 Å². The molecule has 2 fully saturated rings. The van der Waals surface area contributed by atoms with E-state index >= 15 is 0 Å². The lowest BCUT2D eigenvalue weighted by Crippen LogP contribution is -2.54. The fraction of sp³-hybridized carbons (Fsp3) is 0.406. The zero-order valence-electron chi connectivity index (χ0n) is 25.4. The van der Waals surface area contributed by atoms with E-state index in [9.17, 15) is 36.7 Å². The Hall–Kier alpha value is -4.59. The molecule has 1 N–H and O–H groups in total. The molecule has 0 unspecified atom stereocenters. The summed E-state index contributed by atoms with van der Waals surface area (Å²) < 4.78 is 57.8. The van der Waals surface area contributed by atoms with E-state index in [0.717, 1.165) is 17.7 Å². The number of nitrogens with zero attached hydrogens (tertiary/aromatic N) is 5. The molecule has 2 aromatic carbocycles. The zero-order valence-corrected chi connectivity index (χ0v) is 25.4. The van der Waals surface area contributed by atoms with Gasteiger partial charge in [-0.1, -0.05) is 24.3 Å². The number of alkyl halides is 3. The molecule has 3 aromatic rings. The first-order chi connectivity index (χ1) is 21.6. The molecule has 4 amide bonds. The third-order valence-electron chi connectivity index (χ3n) is 9.30. The maximum atomic E-state index is 14.2. The van der Waals surface area contributed by atoms with Crippen molar-refractivity contribution in [3.63, 3.8) is 0 Å². The second-order valence-electron chi connectivity index (χ2n) is 12.5. The van der Waals surface area contributed by atoms with Crippen molar-refractivity contribution in [2.24, 2.45) is 0 Å². The number of fused-ring (bicyclic) bond motifs is 2. The summed E-state index contributed by atoms with van der Waals surface area (Å²) in [5.41, 5.74) is -2.09. The van der Waals surface area contributed by atoms with Crippen LogP contribution in [0.2, 0.25) is 0 Å². The van der Waals surface area contributed by atoms with Crippen LogP contribution in [0.15, 0.2) is 54.9 Å². The monoisotopic (exact) mass is 640 g/mol. The SMILES string of the molecule is C[C@H](Cn1cc(-c2ccc3c(c2)C(=O)C[C@]32NC(=O)N(CC(=O)N(Cc3ccc(F)cc3)C3(C(F)(F)F)CC3)C2=O)cn1)N(C)C. The van der Waals surface area contributed by atoms with Crippen molar-refractivity contribution in [1.29, 1.82) is 0 Å². The van der Waals surface area contributed by atoms with Gasteiger partial charge in [0.15, 0.2) is 11.3 Å². The highest BCUT2D eigenvalue weighted by Crippen LogP contribution is 2.54. The highest BCUT2D eigenvalue weighted by atomic mass is 19.4. The van der Waals surface area contributed by atoms with E-state index in [-0.39, 0.29) is 35.6 Å². The van der Waals surface area contributed by atoms with Gasteiger partial charge < -0.3 is 15.1 Å². The van der Waals surface area contributed by atoms with Gasteiger partial charge >= 0.3 is 12.2 Å². The Morgan fingerprint density at radius 3 is 2.39 bits per heavy atom. The summed E-state index contributed by atoms with van der Waals surface area (Å²) in [7, 11) is 3.93. The minimum absolute atomic E-state index is 0.222. The largest absolute Gasteiger partial charge is 0.411 e. The molecule has 1 aromatic heterocycles. The van der Waals surface area contributed by atoms with Gasteiger partial charge in [-0.25, -0.2) is 9.18 Å². The average Bonchev–Trinajstić information content (AvgIpc) is 3.54. The average molecular weight is 641 g/mol. The molecule has 0 radical (unpaired) electrons. The fourth-order valence-electron chi connectivity index (χ4n) is 6.17. The Bertz CT molecular complexity index is 1730. The smallest absolute Gasteiger partial charge is 0.322 e. The molecule has 14 heteroatoms. The van der Waals surface area contributed by atoms with E-state index < -0.39 is 66.2 Å². The maximum absolute atomic E-state index is 14.2. The number of hydrogen-bond donors (Lipinski definition) is 1. The second kappa shape index (κ2) is 11.0. The van der Waals surface area contributed by atoms with Crippen LogP contribution in [0.4, 0.5) is 22.4 Å². The first-order valence-electron chi connectivity index (χ1n) is 14.8. The van der Waals surface area contributed by atoms with E-state index in [1.807, 2.05) is 20.3 Å². The molecule has 10 nitrogen and oxygen atoms in total. The van der Waals surface area contributed by atoms with E-state index in [1.54, 1.807) is 29.1 Å². The first kappa shape index (κ1) is 31.4. The first-order valence-corrected chi connectivity index (χ1v) is 14.8. The lowest BCUT2D eigenvalue weighted by molar-refractivity contribution is -0.202. The molecule has 1 saturated heterocycles. The van der Waals surface area contributed by atoms with Crippen LogP contribution in [0, 0.1) is 5.82 Å². The lowest BCUT2D eigenvalue weighted by Gasteiger charge is -2.34. The van der Waals surface area contributed by atoms with Gasteiger partial charge in [0, 0.05) is 36.3 Å². The molecule has 3 aliphatic rings. The highest BCUT2D eigenvalue weighted by molar-refractivity contribution is 6.17. The summed E-state index contributed by atoms with van der Waals surface area (Å²) in [6.45, 7) is 1.24. The summed E-state index contributed by atoms with van der Waals surface area (Å²) in [6.07, 6.45) is -2.33. The minimum Gasteiger partial charge on any atom is -0.322 e. The number of Topliss-reactive ketones (excluding diaryl/α,β-unsaturated/α-hetero) is 1. The fourth-order valence-corrected chi connectivity index (χ4v) is 6.17. The maximum Gasteiger partial charge on any atom is 0.411 e. The van der Waals surface area contributed by atoms with Crippen LogP contribution >= 0.6 is 0 Å². The Morgan fingerprint density at radius 1 is 1.07 bits per heavy atom. The second-order valence-corrected chi connectivity index (χ2v) is 12.5. The Balaban J connectivity index is 1.24. The van der Waals surface area contributed by atoms with Crippen LogP contribution in [0.3, 0.4) is 0 Å². The van der Waals surface area contributed by atoms with Gasteiger partial charge in [-0.3, -0.25) is 24.0 Å². The van der Waals surface area contributed by atoms with Gasteiger partial charge in [0.05, 0.1) is 12.7 Å². The zero-order chi connectivity index (χ0) is 33.2. The molecule has 46 heavy (non-hydrogen) atoms. The molecule has 242 valence electrons. The Morgan fingerprint density at radius 2 is 1.76 bits per heavy atom. The van der Waals surface area contributed by atoms with Crippen LogP contribution < -0.4 is 5.32 Å². The Kier molecular flexibility index (Phi) is 7.53. The summed E-state index contributed by atoms with van der Waals surface area (Å²) in [5.74, 6) is -2.99. The molecule has 1 saturated carbocycles. The number of halogens is 4. The number of hydrogen-bond acceptors (Lipinski definition) is 6. The number of nitrogens with one attached hydrogen (secondary N) is 1. The highest BCUT2D eigenvalue weighted by Gasteiger charge is 2.68. The summed E-state index contributed by atoms with van der Waals surface area (Å²) in [5, 5.41) is 6.96. The number of amides is 4. The molecular weight excluding hydrogens is 608 g/mol. The third kappa shape index (κ3) is 5.23. The van der Waals surface area contributed by atoms with Crippen molar-refractivity contribution < 1.29 is 36.7 Å². The number of benzene rings is 2. The van der Waals surface area contributed by atoms with Crippen molar-refractivity contribution in [3.05, 3.63) is 77.4 Å². The predicted molar refractivity (Wildman–Crippen MR) is 157 cm³/mol. The van der Waals surface area contributed by atoms with Crippen molar-refractivity contribution in [1.82, 2.24) is 29.8 Å². The molecule has 1 spiro atoms. The van der Waals surface area contributed by atoms with Gasteiger partial charge in [0.1, 0.15) is 17.9 Å². The standard InChI is InChI=1S/C32H32F4N6O4/c1-19(39(2)3)15-40-17-22(14-37-40)21-6-9-25-24(12-21)26(43)13-31(25)28(45)41(29(46)38-31)18-27(44)42(30(10-11-30)32(34,35)36)16-20-4-7-23(33)8-5-20/h4-9,12,14,17,19H,10-11,13,15-16,18H2,1-3H3,(H,38,46)/t19-,31+/m1/s1. The van der Waals surface area contributed by atoms with Crippen molar-refractivity contribution in [3.8, 4) is 11.1 Å². The molecule has 6 rings (SSSR count). The number of imide groups is 1. The van der Waals surface area contributed by atoms with Crippen molar-refractivity contribution in [2.45, 2.75) is 62.6 Å². The van der Waals surface area contributed by atoms with E-state index in [0.29, 0.717) is 21.9 Å². The Labute approximate surface area is 261 Å². The van der Waals surface area contributed by atoms with Crippen LogP contribution in [0.25, 0.3) is 11.1 Å². The van der Waals surface area contributed by atoms with Gasteiger partial charge in [-0.05, 0) is 68.8 Å². The van der Waals surface area contributed by atoms with Crippen LogP contribution in [-0.2, 0) is 28.2 Å². The quantitative estimate of drug-likeness (QED) is 0.279. The summed E-state index contributed by atoms with van der Waals surface area (Å²) >= 11 is 0. The lowest BCUT2D eigenvalue weighted by atomic mass is 9.90. The topological polar surface area (TPSA) is 108 Å². The minimum atomic E-state index is -4.77. The van der Waals surface area contributed by atoms with Gasteiger partial charge in [-0.15, -0.1) is 0 Å². The number of rotatable bonds is 9. The number of ketones is 1. The molecule has 2 atom stereocenters. The number of carbonyl (C=O) groups is 4.